The second-order valence-corrected chi connectivity index (χ2v) is 8.66. The van der Waals surface area contributed by atoms with Gasteiger partial charge in [-0.2, -0.15) is 0 Å². The van der Waals surface area contributed by atoms with Crippen molar-refractivity contribution in [3.05, 3.63) is 106 Å². The average molecular weight is 466 g/mol. The summed E-state index contributed by atoms with van der Waals surface area (Å²) in [6.07, 6.45) is 2.04. The molecule has 0 aliphatic carbocycles. The van der Waals surface area contributed by atoms with E-state index in [9.17, 15) is 9.90 Å². The number of aliphatic hydroxyl groups excluding tert-OH is 1. The second kappa shape index (κ2) is 8.47. The molecule has 0 bridgehead atoms. The fourth-order valence-corrected chi connectivity index (χ4v) is 4.51. The van der Waals surface area contributed by atoms with Crippen LogP contribution in [0.2, 0.25) is 0 Å². The lowest BCUT2D eigenvalue weighted by Gasteiger charge is -2.27. The third-order valence-electron chi connectivity index (χ3n) is 5.06. The van der Waals surface area contributed by atoms with Crippen molar-refractivity contribution in [1.82, 2.24) is 4.90 Å². The van der Waals surface area contributed by atoms with E-state index in [1.165, 1.54) is 4.90 Å². The number of thioether (sulfide) groups is 1. The Kier molecular flexibility index (Phi) is 5.79. The number of carbonyl (C=O) groups excluding carboxylic acids is 1. The van der Waals surface area contributed by atoms with E-state index < -0.39 is 0 Å². The summed E-state index contributed by atoms with van der Waals surface area (Å²) in [6, 6.07) is 25.4. The van der Waals surface area contributed by atoms with E-state index in [0.717, 1.165) is 21.2 Å². The van der Waals surface area contributed by atoms with Crippen molar-refractivity contribution in [1.29, 1.82) is 0 Å². The summed E-state index contributed by atoms with van der Waals surface area (Å²) in [5.41, 5.74) is 3.48. The number of carbonyl (C=O) groups is 1. The van der Waals surface area contributed by atoms with Gasteiger partial charge in [0.1, 0.15) is 0 Å². The summed E-state index contributed by atoms with van der Waals surface area (Å²) < 4.78 is 0.936. The van der Waals surface area contributed by atoms with Crippen LogP contribution in [0, 0.1) is 0 Å². The molecule has 0 fully saturated rings. The quantitative estimate of drug-likeness (QED) is 0.454. The fraction of sp³-hybridized carbons (Fsp3) is 0.125. The molecule has 1 aliphatic heterocycles. The number of nitrogens with zero attached hydrogens (tertiary/aromatic N) is 1. The standard InChI is InChI=1S/C24H20BrNO2S/c1-29-20-12-10-16(11-13-20)15-26-22(18-8-5-9-19(25)14-18)21(23(27)24(26)28)17-6-3-2-4-7-17/h2-14,22,27H,15H2,1H3/t22-/m1/s1. The van der Waals surface area contributed by atoms with Gasteiger partial charge in [-0.05, 0) is 47.2 Å². The van der Waals surface area contributed by atoms with Crippen molar-refractivity contribution in [2.45, 2.75) is 17.5 Å². The van der Waals surface area contributed by atoms with Crippen LogP contribution in [0.15, 0.2) is 94.0 Å². The Balaban J connectivity index is 1.78. The van der Waals surface area contributed by atoms with Crippen LogP contribution in [0.25, 0.3) is 5.57 Å². The smallest absolute Gasteiger partial charge is 0.290 e. The van der Waals surface area contributed by atoms with Gasteiger partial charge >= 0.3 is 0 Å². The van der Waals surface area contributed by atoms with Crippen molar-refractivity contribution in [3.8, 4) is 0 Å². The molecule has 29 heavy (non-hydrogen) atoms. The SMILES string of the molecule is CSc1ccc(CN2C(=O)C(O)=C(c3ccccc3)[C@H]2c2cccc(Br)c2)cc1. The molecule has 0 radical (unpaired) electrons. The van der Waals surface area contributed by atoms with Crippen LogP contribution in [0.4, 0.5) is 0 Å². The van der Waals surface area contributed by atoms with Crippen LogP contribution in [0.3, 0.4) is 0 Å². The second-order valence-electron chi connectivity index (χ2n) is 6.87. The highest BCUT2D eigenvalue weighted by Crippen LogP contribution is 2.44. The van der Waals surface area contributed by atoms with E-state index in [4.69, 9.17) is 0 Å². The molecule has 0 spiro atoms. The van der Waals surface area contributed by atoms with Gasteiger partial charge in [0.15, 0.2) is 5.76 Å². The highest BCUT2D eigenvalue weighted by molar-refractivity contribution is 9.10. The maximum atomic E-state index is 13.1. The normalized spacial score (nSPS) is 16.6. The number of halogens is 1. The zero-order valence-electron chi connectivity index (χ0n) is 15.9. The van der Waals surface area contributed by atoms with Crippen molar-refractivity contribution >= 4 is 39.2 Å². The Morgan fingerprint density at radius 3 is 2.38 bits per heavy atom. The maximum Gasteiger partial charge on any atom is 0.290 e. The van der Waals surface area contributed by atoms with Crippen LogP contribution >= 0.6 is 27.7 Å². The van der Waals surface area contributed by atoms with E-state index >= 15 is 0 Å². The van der Waals surface area contributed by atoms with E-state index in [-0.39, 0.29) is 17.7 Å². The number of rotatable bonds is 5. The van der Waals surface area contributed by atoms with Crippen LogP contribution in [0.5, 0.6) is 0 Å². The Labute approximate surface area is 183 Å². The summed E-state index contributed by atoms with van der Waals surface area (Å²) in [5, 5.41) is 10.8. The molecule has 1 N–H and O–H groups in total. The van der Waals surface area contributed by atoms with E-state index in [2.05, 4.69) is 28.1 Å². The number of benzene rings is 3. The monoisotopic (exact) mass is 465 g/mol. The third-order valence-corrected chi connectivity index (χ3v) is 6.30. The Morgan fingerprint density at radius 2 is 1.72 bits per heavy atom. The molecule has 0 saturated heterocycles. The molecule has 5 heteroatoms. The molecule has 3 aromatic rings. The number of aliphatic hydroxyl groups is 1. The van der Waals surface area contributed by atoms with Gasteiger partial charge < -0.3 is 10.0 Å². The molecular weight excluding hydrogens is 446 g/mol. The van der Waals surface area contributed by atoms with E-state index in [1.54, 1.807) is 16.7 Å². The molecule has 1 aliphatic rings. The zero-order chi connectivity index (χ0) is 20.4. The molecular formula is C24H20BrNO2S. The lowest BCUT2D eigenvalue weighted by Crippen LogP contribution is -2.29. The van der Waals surface area contributed by atoms with Gasteiger partial charge in [0.25, 0.3) is 5.91 Å². The highest BCUT2D eigenvalue weighted by atomic mass is 79.9. The molecule has 0 aromatic heterocycles. The van der Waals surface area contributed by atoms with Crippen LogP contribution in [-0.2, 0) is 11.3 Å². The first-order valence-corrected chi connectivity index (χ1v) is 11.3. The molecule has 146 valence electrons. The van der Waals surface area contributed by atoms with Crippen LogP contribution in [0.1, 0.15) is 22.7 Å². The van der Waals surface area contributed by atoms with Gasteiger partial charge in [0.05, 0.1) is 6.04 Å². The highest BCUT2D eigenvalue weighted by Gasteiger charge is 2.40. The van der Waals surface area contributed by atoms with Crippen LogP contribution in [-0.4, -0.2) is 22.2 Å². The maximum absolute atomic E-state index is 13.1. The lowest BCUT2D eigenvalue weighted by atomic mass is 9.93. The van der Waals surface area contributed by atoms with Crippen molar-refractivity contribution in [2.24, 2.45) is 0 Å². The summed E-state index contributed by atoms with van der Waals surface area (Å²) in [7, 11) is 0. The minimum atomic E-state index is -0.359. The molecule has 3 nitrogen and oxygen atoms in total. The van der Waals surface area contributed by atoms with Crippen molar-refractivity contribution in [3.63, 3.8) is 0 Å². The number of hydrogen-bond donors (Lipinski definition) is 1. The first kappa shape index (κ1) is 19.8. The van der Waals surface area contributed by atoms with Gasteiger partial charge in [-0.15, -0.1) is 11.8 Å². The topological polar surface area (TPSA) is 40.5 Å². The summed E-state index contributed by atoms with van der Waals surface area (Å²) >= 11 is 5.22. The molecule has 3 aromatic carbocycles. The van der Waals surface area contributed by atoms with Gasteiger partial charge in [0.2, 0.25) is 0 Å². The van der Waals surface area contributed by atoms with E-state index in [1.807, 2.05) is 73.0 Å². The largest absolute Gasteiger partial charge is 0.503 e. The third kappa shape index (κ3) is 3.98. The van der Waals surface area contributed by atoms with Gasteiger partial charge in [-0.1, -0.05) is 70.5 Å². The minimum Gasteiger partial charge on any atom is -0.503 e. The summed E-state index contributed by atoms with van der Waals surface area (Å²) in [6.45, 7) is 0.422. The summed E-state index contributed by atoms with van der Waals surface area (Å²) in [4.78, 5) is 16.0. The van der Waals surface area contributed by atoms with E-state index in [0.29, 0.717) is 12.1 Å². The Hall–Kier alpha value is -2.50. The number of amides is 1. The van der Waals surface area contributed by atoms with Crippen molar-refractivity contribution in [2.75, 3.05) is 6.26 Å². The van der Waals surface area contributed by atoms with Gasteiger partial charge in [-0.25, -0.2) is 0 Å². The zero-order valence-corrected chi connectivity index (χ0v) is 18.3. The van der Waals surface area contributed by atoms with Gasteiger partial charge in [-0.3, -0.25) is 4.79 Å². The number of hydrogen-bond acceptors (Lipinski definition) is 3. The minimum absolute atomic E-state index is 0.179. The predicted octanol–water partition coefficient (Wildman–Crippen LogP) is 6.22. The first-order valence-electron chi connectivity index (χ1n) is 9.26. The lowest BCUT2D eigenvalue weighted by molar-refractivity contribution is -0.130. The van der Waals surface area contributed by atoms with Crippen LogP contribution < -0.4 is 0 Å². The Bertz CT molecular complexity index is 1060. The molecule has 0 saturated carbocycles. The Morgan fingerprint density at radius 1 is 1.00 bits per heavy atom. The molecule has 1 atom stereocenters. The molecule has 0 unspecified atom stereocenters. The molecule has 1 heterocycles. The summed E-state index contributed by atoms with van der Waals surface area (Å²) in [5.74, 6) is -0.523. The van der Waals surface area contributed by atoms with Gasteiger partial charge in [0, 0.05) is 21.5 Å². The average Bonchev–Trinajstić information content (AvgIpc) is 3.00. The predicted molar refractivity (Wildman–Crippen MR) is 122 cm³/mol. The molecule has 4 rings (SSSR count). The van der Waals surface area contributed by atoms with Crippen molar-refractivity contribution < 1.29 is 9.90 Å². The fourth-order valence-electron chi connectivity index (χ4n) is 3.68. The first-order chi connectivity index (χ1) is 14.1. The molecule has 1 amide bonds.